The maximum Gasteiger partial charge on any atom is 0.128 e. The van der Waals surface area contributed by atoms with E-state index in [9.17, 15) is 5.26 Å². The fourth-order valence-corrected chi connectivity index (χ4v) is 2.70. The van der Waals surface area contributed by atoms with Crippen molar-refractivity contribution in [1.29, 1.82) is 5.26 Å². The lowest BCUT2D eigenvalue weighted by atomic mass is 10.1. The van der Waals surface area contributed by atoms with E-state index in [1.54, 1.807) is 0 Å². The highest BCUT2D eigenvalue weighted by molar-refractivity contribution is 5.86. The zero-order valence-corrected chi connectivity index (χ0v) is 10.6. The van der Waals surface area contributed by atoms with Gasteiger partial charge in [-0.05, 0) is 31.4 Å². The molecule has 3 rings (SSSR count). The first-order valence-corrected chi connectivity index (χ1v) is 6.60. The number of para-hydroxylation sites is 1. The average Bonchev–Trinajstić information content (AvgIpc) is 2.83. The van der Waals surface area contributed by atoms with Gasteiger partial charge >= 0.3 is 0 Å². The summed E-state index contributed by atoms with van der Waals surface area (Å²) in [5, 5.41) is 13.5. The third-order valence-corrected chi connectivity index (χ3v) is 3.74. The first-order chi connectivity index (χ1) is 9.28. The maximum atomic E-state index is 9.24. The summed E-state index contributed by atoms with van der Waals surface area (Å²) in [7, 11) is 0. The first kappa shape index (κ1) is 11.9. The molecule has 2 atom stereocenters. The quantitative estimate of drug-likeness (QED) is 0.860. The van der Waals surface area contributed by atoms with Crippen LogP contribution in [0.3, 0.4) is 0 Å². The molecule has 1 aliphatic carbocycles. The van der Waals surface area contributed by atoms with E-state index in [1.807, 2.05) is 30.3 Å². The number of hydrogen-bond acceptors (Lipinski definition) is 4. The second-order valence-electron chi connectivity index (χ2n) is 5.03. The lowest BCUT2D eigenvalue weighted by molar-refractivity contribution is 0.636. The van der Waals surface area contributed by atoms with Crippen molar-refractivity contribution in [1.82, 2.24) is 4.98 Å². The maximum absolute atomic E-state index is 9.24. The van der Waals surface area contributed by atoms with E-state index in [0.717, 1.165) is 36.0 Å². The third-order valence-electron chi connectivity index (χ3n) is 3.74. The second kappa shape index (κ2) is 4.87. The molecule has 1 saturated carbocycles. The van der Waals surface area contributed by atoms with Gasteiger partial charge in [0.25, 0.3) is 0 Å². The summed E-state index contributed by atoms with van der Waals surface area (Å²) < 4.78 is 0. The van der Waals surface area contributed by atoms with Gasteiger partial charge in [0.05, 0.1) is 17.1 Å². The molecule has 1 heterocycles. The van der Waals surface area contributed by atoms with Gasteiger partial charge in [-0.25, -0.2) is 4.98 Å². The molecule has 0 bridgehead atoms. The lowest BCUT2D eigenvalue weighted by Crippen LogP contribution is -2.35. The van der Waals surface area contributed by atoms with Gasteiger partial charge in [0.2, 0.25) is 0 Å². The molecule has 1 aliphatic rings. The van der Waals surface area contributed by atoms with Crippen molar-refractivity contribution in [3.8, 4) is 6.07 Å². The Labute approximate surface area is 112 Å². The minimum atomic E-state index is 0.179. The summed E-state index contributed by atoms with van der Waals surface area (Å²) in [6, 6.07) is 12.2. The topological polar surface area (TPSA) is 74.7 Å². The Hall–Kier alpha value is -2.12. The van der Waals surface area contributed by atoms with Gasteiger partial charge in [-0.2, -0.15) is 5.26 Å². The predicted octanol–water partition coefficient (Wildman–Crippen LogP) is 2.40. The van der Waals surface area contributed by atoms with Gasteiger partial charge in [0.1, 0.15) is 5.82 Å². The van der Waals surface area contributed by atoms with Gasteiger partial charge in [-0.1, -0.05) is 18.2 Å². The SMILES string of the molecule is N#Cc1cc(NC2CCCC2N)nc2ccccc12. The summed E-state index contributed by atoms with van der Waals surface area (Å²) in [5.74, 6) is 0.748. The number of fused-ring (bicyclic) bond motifs is 1. The van der Waals surface area contributed by atoms with Crippen LogP contribution < -0.4 is 11.1 Å². The molecule has 0 aliphatic heterocycles. The lowest BCUT2D eigenvalue weighted by Gasteiger charge is -2.18. The van der Waals surface area contributed by atoms with Crippen LogP contribution in [0, 0.1) is 11.3 Å². The standard InChI is InChI=1S/C15H16N4/c16-9-10-8-15(19-14-7-3-5-12(14)17)18-13-6-2-1-4-11(10)13/h1-2,4,6,8,12,14H,3,5,7,17H2,(H,18,19). The molecule has 0 radical (unpaired) electrons. The van der Waals surface area contributed by atoms with Gasteiger partial charge < -0.3 is 11.1 Å². The first-order valence-electron chi connectivity index (χ1n) is 6.60. The van der Waals surface area contributed by atoms with E-state index < -0.39 is 0 Å². The zero-order valence-electron chi connectivity index (χ0n) is 10.6. The van der Waals surface area contributed by atoms with Crippen LogP contribution >= 0.6 is 0 Å². The van der Waals surface area contributed by atoms with Gasteiger partial charge in [0, 0.05) is 17.5 Å². The number of hydrogen-bond donors (Lipinski definition) is 2. The number of benzene rings is 1. The van der Waals surface area contributed by atoms with Crippen LogP contribution in [0.25, 0.3) is 10.9 Å². The molecule has 1 fully saturated rings. The molecule has 2 aromatic rings. The van der Waals surface area contributed by atoms with Crippen LogP contribution in [0.1, 0.15) is 24.8 Å². The number of nitriles is 1. The summed E-state index contributed by atoms with van der Waals surface area (Å²) >= 11 is 0. The fourth-order valence-electron chi connectivity index (χ4n) is 2.70. The van der Waals surface area contributed by atoms with E-state index in [0.29, 0.717) is 5.56 Å². The Kier molecular flexibility index (Phi) is 3.06. The van der Waals surface area contributed by atoms with Crippen molar-refractivity contribution in [2.75, 3.05) is 5.32 Å². The Bertz CT molecular complexity index is 644. The number of pyridine rings is 1. The van der Waals surface area contributed by atoms with Crippen LogP contribution in [0.15, 0.2) is 30.3 Å². The molecule has 19 heavy (non-hydrogen) atoms. The summed E-state index contributed by atoms with van der Waals surface area (Å²) in [5.41, 5.74) is 7.55. The van der Waals surface area contributed by atoms with Crippen molar-refractivity contribution in [3.63, 3.8) is 0 Å². The number of nitrogens with two attached hydrogens (primary N) is 1. The van der Waals surface area contributed by atoms with E-state index in [-0.39, 0.29) is 12.1 Å². The smallest absolute Gasteiger partial charge is 0.128 e. The number of nitrogens with zero attached hydrogens (tertiary/aromatic N) is 2. The Morgan fingerprint density at radius 3 is 2.89 bits per heavy atom. The minimum absolute atomic E-state index is 0.179. The minimum Gasteiger partial charge on any atom is -0.366 e. The van der Waals surface area contributed by atoms with Crippen LogP contribution in [0.4, 0.5) is 5.82 Å². The molecular weight excluding hydrogens is 236 g/mol. The highest BCUT2D eigenvalue weighted by Gasteiger charge is 2.24. The third kappa shape index (κ3) is 2.25. The molecule has 0 saturated heterocycles. The van der Waals surface area contributed by atoms with Gasteiger partial charge in [0.15, 0.2) is 0 Å². The molecule has 1 aromatic heterocycles. The van der Waals surface area contributed by atoms with Crippen molar-refractivity contribution >= 4 is 16.7 Å². The van der Waals surface area contributed by atoms with Gasteiger partial charge in [-0.15, -0.1) is 0 Å². The van der Waals surface area contributed by atoms with Crippen LogP contribution in [0.5, 0.6) is 0 Å². The van der Waals surface area contributed by atoms with Crippen molar-refractivity contribution in [3.05, 3.63) is 35.9 Å². The number of anilines is 1. The Morgan fingerprint density at radius 2 is 2.16 bits per heavy atom. The fraction of sp³-hybridized carbons (Fsp3) is 0.333. The molecule has 4 heteroatoms. The summed E-state index contributed by atoms with van der Waals surface area (Å²) in [6.45, 7) is 0. The van der Waals surface area contributed by atoms with E-state index in [1.165, 1.54) is 0 Å². The van der Waals surface area contributed by atoms with Crippen molar-refractivity contribution in [2.24, 2.45) is 5.73 Å². The van der Waals surface area contributed by atoms with Crippen molar-refractivity contribution < 1.29 is 0 Å². The van der Waals surface area contributed by atoms with Crippen LogP contribution in [-0.2, 0) is 0 Å². The largest absolute Gasteiger partial charge is 0.366 e. The normalized spacial score (nSPS) is 22.3. The Balaban J connectivity index is 1.98. The summed E-state index contributed by atoms with van der Waals surface area (Å²) in [6.07, 6.45) is 3.27. The van der Waals surface area contributed by atoms with Gasteiger partial charge in [-0.3, -0.25) is 0 Å². The predicted molar refractivity (Wildman–Crippen MR) is 75.7 cm³/mol. The molecule has 2 unspecified atom stereocenters. The molecule has 1 aromatic carbocycles. The van der Waals surface area contributed by atoms with Crippen LogP contribution in [0.2, 0.25) is 0 Å². The number of nitrogens with one attached hydrogen (secondary N) is 1. The van der Waals surface area contributed by atoms with Crippen molar-refractivity contribution in [2.45, 2.75) is 31.3 Å². The molecular formula is C15H16N4. The molecule has 0 amide bonds. The van der Waals surface area contributed by atoms with E-state index in [2.05, 4.69) is 16.4 Å². The highest BCUT2D eigenvalue weighted by Crippen LogP contribution is 2.24. The molecule has 3 N–H and O–H groups in total. The zero-order chi connectivity index (χ0) is 13.2. The Morgan fingerprint density at radius 1 is 1.32 bits per heavy atom. The van der Waals surface area contributed by atoms with E-state index in [4.69, 9.17) is 5.73 Å². The molecule has 4 nitrogen and oxygen atoms in total. The second-order valence-corrected chi connectivity index (χ2v) is 5.03. The van der Waals surface area contributed by atoms with E-state index >= 15 is 0 Å². The number of rotatable bonds is 2. The monoisotopic (exact) mass is 252 g/mol. The highest BCUT2D eigenvalue weighted by atomic mass is 15.0. The molecule has 96 valence electrons. The number of aromatic nitrogens is 1. The molecule has 0 spiro atoms. The summed E-state index contributed by atoms with van der Waals surface area (Å²) in [4.78, 5) is 4.56. The average molecular weight is 252 g/mol. The van der Waals surface area contributed by atoms with Crippen LogP contribution in [-0.4, -0.2) is 17.1 Å².